The predicted octanol–water partition coefficient (Wildman–Crippen LogP) is 3.65. The number of pyridine rings is 2. The molecule has 0 unspecified atom stereocenters. The van der Waals surface area contributed by atoms with E-state index in [-0.39, 0.29) is 11.1 Å². The summed E-state index contributed by atoms with van der Waals surface area (Å²) in [6.07, 6.45) is 1.50. The van der Waals surface area contributed by atoms with Crippen LogP contribution in [0.25, 0.3) is 0 Å². The summed E-state index contributed by atoms with van der Waals surface area (Å²) < 4.78 is 0. The van der Waals surface area contributed by atoms with Crippen LogP contribution in [-0.4, -0.2) is 15.9 Å². The van der Waals surface area contributed by atoms with Gasteiger partial charge in [-0.3, -0.25) is 4.79 Å². The van der Waals surface area contributed by atoms with E-state index in [4.69, 9.17) is 23.2 Å². The predicted molar refractivity (Wildman–Crippen MR) is 75.9 cm³/mol. The molecular weight excluding hydrogens is 285 g/mol. The number of nitrogens with one attached hydrogen (secondary N) is 1. The summed E-state index contributed by atoms with van der Waals surface area (Å²) >= 11 is 11.6. The average Bonchev–Trinajstić information content (AvgIpc) is 2.32. The van der Waals surface area contributed by atoms with Gasteiger partial charge in [-0.15, -0.1) is 0 Å². The highest BCUT2D eigenvalue weighted by molar-refractivity contribution is 6.30. The van der Waals surface area contributed by atoms with E-state index in [2.05, 4.69) is 15.3 Å². The molecule has 0 spiro atoms. The maximum Gasteiger partial charge on any atom is 0.255 e. The first-order chi connectivity index (χ1) is 8.95. The van der Waals surface area contributed by atoms with Crippen molar-refractivity contribution in [3.8, 4) is 0 Å². The molecule has 0 radical (unpaired) electrons. The van der Waals surface area contributed by atoms with Crippen molar-refractivity contribution in [2.75, 3.05) is 5.32 Å². The number of halogens is 2. The van der Waals surface area contributed by atoms with Crippen molar-refractivity contribution in [2.45, 2.75) is 13.8 Å². The first-order valence-corrected chi connectivity index (χ1v) is 6.29. The molecule has 2 heterocycles. The Bertz CT molecular complexity index is 624. The van der Waals surface area contributed by atoms with Crippen molar-refractivity contribution < 1.29 is 4.79 Å². The van der Waals surface area contributed by atoms with Crippen LogP contribution in [0.4, 0.5) is 5.69 Å². The first-order valence-electron chi connectivity index (χ1n) is 5.53. The van der Waals surface area contributed by atoms with Crippen LogP contribution in [0.3, 0.4) is 0 Å². The third kappa shape index (κ3) is 3.43. The molecule has 0 aliphatic rings. The van der Waals surface area contributed by atoms with Gasteiger partial charge in [0.2, 0.25) is 0 Å². The van der Waals surface area contributed by atoms with E-state index < -0.39 is 0 Å². The van der Waals surface area contributed by atoms with E-state index in [9.17, 15) is 4.79 Å². The number of amides is 1. The number of rotatable bonds is 2. The molecular formula is C13H11Cl2N3O. The lowest BCUT2D eigenvalue weighted by Gasteiger charge is -2.07. The van der Waals surface area contributed by atoms with Crippen LogP contribution in [-0.2, 0) is 0 Å². The summed E-state index contributed by atoms with van der Waals surface area (Å²) in [5.74, 6) is -0.268. The van der Waals surface area contributed by atoms with E-state index in [0.717, 1.165) is 5.56 Å². The number of aryl methyl sites for hydroxylation is 2. The fourth-order valence-electron chi connectivity index (χ4n) is 1.59. The Morgan fingerprint density at radius 2 is 1.95 bits per heavy atom. The summed E-state index contributed by atoms with van der Waals surface area (Å²) in [5, 5.41) is 3.44. The second kappa shape index (κ2) is 5.55. The lowest BCUT2D eigenvalue weighted by Crippen LogP contribution is -2.12. The number of hydrogen-bond donors (Lipinski definition) is 1. The highest BCUT2D eigenvalue weighted by Gasteiger charge is 2.09. The second-order valence-corrected chi connectivity index (χ2v) is 4.85. The van der Waals surface area contributed by atoms with Crippen LogP contribution in [0, 0.1) is 13.8 Å². The van der Waals surface area contributed by atoms with Crippen LogP contribution < -0.4 is 5.32 Å². The van der Waals surface area contributed by atoms with Crippen molar-refractivity contribution in [3.05, 3.63) is 51.5 Å². The molecule has 2 aromatic heterocycles. The Balaban J connectivity index is 2.22. The van der Waals surface area contributed by atoms with Gasteiger partial charge in [0.25, 0.3) is 5.91 Å². The standard InChI is InChI=1S/C13H11Cl2N3O/c1-7-3-10(6-16-12(7)15)18-13(19)9-4-8(2)17-11(14)5-9/h3-6H,1-2H3,(H,18,19). The topological polar surface area (TPSA) is 54.9 Å². The number of nitrogens with zero attached hydrogens (tertiary/aromatic N) is 2. The maximum atomic E-state index is 12.1. The molecule has 1 N–H and O–H groups in total. The van der Waals surface area contributed by atoms with Gasteiger partial charge in [0.15, 0.2) is 0 Å². The van der Waals surface area contributed by atoms with E-state index in [0.29, 0.717) is 22.1 Å². The normalized spacial score (nSPS) is 10.3. The molecule has 0 aliphatic heterocycles. The van der Waals surface area contributed by atoms with E-state index in [1.54, 1.807) is 19.1 Å². The summed E-state index contributed by atoms with van der Waals surface area (Å²) in [4.78, 5) is 20.0. The molecule has 4 nitrogen and oxygen atoms in total. The molecule has 98 valence electrons. The van der Waals surface area contributed by atoms with Crippen LogP contribution >= 0.6 is 23.2 Å². The lowest BCUT2D eigenvalue weighted by atomic mass is 10.2. The van der Waals surface area contributed by atoms with Gasteiger partial charge in [0, 0.05) is 11.3 Å². The highest BCUT2D eigenvalue weighted by atomic mass is 35.5. The van der Waals surface area contributed by atoms with Gasteiger partial charge in [-0.25, -0.2) is 9.97 Å². The molecule has 0 aromatic carbocycles. The third-order valence-electron chi connectivity index (χ3n) is 2.46. The summed E-state index contributed by atoms with van der Waals surface area (Å²) in [7, 11) is 0. The summed E-state index contributed by atoms with van der Waals surface area (Å²) in [6, 6.07) is 4.93. The van der Waals surface area contributed by atoms with Crippen molar-refractivity contribution in [1.29, 1.82) is 0 Å². The van der Waals surface area contributed by atoms with Gasteiger partial charge in [0.1, 0.15) is 10.3 Å². The minimum Gasteiger partial charge on any atom is -0.321 e. The zero-order valence-electron chi connectivity index (χ0n) is 10.4. The lowest BCUT2D eigenvalue weighted by molar-refractivity contribution is 0.102. The number of anilines is 1. The zero-order chi connectivity index (χ0) is 14.0. The Morgan fingerprint density at radius 3 is 2.58 bits per heavy atom. The molecule has 0 aliphatic carbocycles. The van der Waals surface area contributed by atoms with Gasteiger partial charge in [-0.1, -0.05) is 23.2 Å². The molecule has 1 amide bonds. The molecule has 0 fully saturated rings. The minimum absolute atomic E-state index is 0.268. The average molecular weight is 296 g/mol. The first kappa shape index (κ1) is 13.8. The number of carbonyl (C=O) groups excluding carboxylic acids is 1. The van der Waals surface area contributed by atoms with Gasteiger partial charge in [-0.2, -0.15) is 0 Å². The largest absolute Gasteiger partial charge is 0.321 e. The quantitative estimate of drug-likeness (QED) is 0.861. The molecule has 6 heteroatoms. The van der Waals surface area contributed by atoms with E-state index in [1.807, 2.05) is 6.92 Å². The highest BCUT2D eigenvalue weighted by Crippen LogP contribution is 2.17. The third-order valence-corrected chi connectivity index (χ3v) is 3.05. The van der Waals surface area contributed by atoms with Crippen LogP contribution in [0.15, 0.2) is 24.4 Å². The second-order valence-electron chi connectivity index (χ2n) is 4.11. The van der Waals surface area contributed by atoms with Gasteiger partial charge >= 0.3 is 0 Å². The molecule has 0 atom stereocenters. The van der Waals surface area contributed by atoms with Crippen molar-refractivity contribution >= 4 is 34.8 Å². The van der Waals surface area contributed by atoms with Crippen molar-refractivity contribution in [1.82, 2.24) is 9.97 Å². The minimum atomic E-state index is -0.268. The Labute approximate surface area is 120 Å². The number of carbonyl (C=O) groups is 1. The molecule has 0 saturated heterocycles. The Morgan fingerprint density at radius 1 is 1.21 bits per heavy atom. The number of aromatic nitrogens is 2. The smallest absolute Gasteiger partial charge is 0.255 e. The molecule has 0 bridgehead atoms. The molecule has 2 rings (SSSR count). The molecule has 0 saturated carbocycles. The number of hydrogen-bond acceptors (Lipinski definition) is 3. The zero-order valence-corrected chi connectivity index (χ0v) is 11.9. The van der Waals surface area contributed by atoms with Gasteiger partial charge < -0.3 is 5.32 Å². The molecule has 19 heavy (non-hydrogen) atoms. The Kier molecular flexibility index (Phi) is 4.02. The van der Waals surface area contributed by atoms with Crippen LogP contribution in [0.1, 0.15) is 21.6 Å². The summed E-state index contributed by atoms with van der Waals surface area (Å²) in [6.45, 7) is 3.59. The monoisotopic (exact) mass is 295 g/mol. The fourth-order valence-corrected chi connectivity index (χ4v) is 1.94. The SMILES string of the molecule is Cc1cc(C(=O)Nc2cnc(Cl)c(C)c2)cc(Cl)n1. The van der Waals surface area contributed by atoms with Gasteiger partial charge in [0.05, 0.1) is 11.9 Å². The molecule has 2 aromatic rings. The maximum absolute atomic E-state index is 12.1. The van der Waals surface area contributed by atoms with Crippen LogP contribution in [0.2, 0.25) is 10.3 Å². The van der Waals surface area contributed by atoms with E-state index >= 15 is 0 Å². The van der Waals surface area contributed by atoms with Crippen molar-refractivity contribution in [3.63, 3.8) is 0 Å². The fraction of sp³-hybridized carbons (Fsp3) is 0.154. The Hall–Kier alpha value is -1.65. The van der Waals surface area contributed by atoms with Crippen molar-refractivity contribution in [2.24, 2.45) is 0 Å². The van der Waals surface area contributed by atoms with Gasteiger partial charge in [-0.05, 0) is 37.6 Å². The van der Waals surface area contributed by atoms with E-state index in [1.165, 1.54) is 12.3 Å². The summed E-state index contributed by atoms with van der Waals surface area (Å²) in [5.41, 5.74) is 2.51. The van der Waals surface area contributed by atoms with Crippen LogP contribution in [0.5, 0.6) is 0 Å².